The van der Waals surface area contributed by atoms with E-state index in [2.05, 4.69) is 48.0 Å². The van der Waals surface area contributed by atoms with E-state index in [0.717, 1.165) is 22.4 Å². The predicted molar refractivity (Wildman–Crippen MR) is 139 cm³/mol. The molecule has 4 N–H and O–H groups in total. The van der Waals surface area contributed by atoms with E-state index in [9.17, 15) is 9.18 Å². The van der Waals surface area contributed by atoms with Crippen LogP contribution in [0.3, 0.4) is 0 Å². The molecule has 0 atom stereocenters. The lowest BCUT2D eigenvalue weighted by atomic mass is 10.0. The lowest BCUT2D eigenvalue weighted by molar-refractivity contribution is 0.252. The van der Waals surface area contributed by atoms with E-state index >= 15 is 0 Å². The normalized spacial score (nSPS) is 10.8. The van der Waals surface area contributed by atoms with Crippen LogP contribution in [-0.2, 0) is 6.54 Å². The van der Waals surface area contributed by atoms with Gasteiger partial charge in [-0.25, -0.2) is 14.2 Å². The third-order valence-electron chi connectivity index (χ3n) is 5.58. The molecule has 9 heteroatoms. The van der Waals surface area contributed by atoms with E-state index in [0.29, 0.717) is 29.7 Å². The highest BCUT2D eigenvalue weighted by Crippen LogP contribution is 2.34. The fraction of sp³-hybridized carbons (Fsp3) is 0.111. The molecule has 5 aromatic rings. The number of hydrogen-bond acceptors (Lipinski definition) is 5. The zero-order chi connectivity index (χ0) is 24.9. The average Bonchev–Trinajstić information content (AvgIpc) is 3.30. The third kappa shape index (κ3) is 5.00. The van der Waals surface area contributed by atoms with Crippen LogP contribution in [0.2, 0.25) is 0 Å². The number of pyridine rings is 2. The van der Waals surface area contributed by atoms with Crippen molar-refractivity contribution < 1.29 is 9.18 Å². The first-order valence-electron chi connectivity index (χ1n) is 11.5. The SMILES string of the molecule is CCNC(=O)Nc1nc2c(-c3ncccc3F)cc(-c3cncc(NCc4ccccc4)c3)cc2[nH]1. The van der Waals surface area contributed by atoms with Crippen LogP contribution < -0.4 is 16.0 Å². The summed E-state index contributed by atoms with van der Waals surface area (Å²) in [6.45, 7) is 2.95. The summed E-state index contributed by atoms with van der Waals surface area (Å²) >= 11 is 0. The molecule has 180 valence electrons. The van der Waals surface area contributed by atoms with E-state index in [1.54, 1.807) is 12.4 Å². The summed E-state index contributed by atoms with van der Waals surface area (Å²) in [4.78, 5) is 28.3. The van der Waals surface area contributed by atoms with Crippen molar-refractivity contribution in [1.29, 1.82) is 0 Å². The molecule has 0 bridgehead atoms. The van der Waals surface area contributed by atoms with Gasteiger partial charge in [0.15, 0.2) is 0 Å². The number of H-pyrrole nitrogens is 1. The molecule has 0 aliphatic heterocycles. The van der Waals surface area contributed by atoms with Gasteiger partial charge in [0.25, 0.3) is 0 Å². The van der Waals surface area contributed by atoms with Crippen molar-refractivity contribution in [3.63, 3.8) is 0 Å². The molecule has 0 unspecified atom stereocenters. The molecule has 5 rings (SSSR count). The topological polar surface area (TPSA) is 108 Å². The zero-order valence-corrected chi connectivity index (χ0v) is 19.5. The Bertz CT molecular complexity index is 1520. The van der Waals surface area contributed by atoms with Gasteiger partial charge in [-0.3, -0.25) is 15.3 Å². The average molecular weight is 482 g/mol. The number of nitrogens with zero attached hydrogens (tertiary/aromatic N) is 3. The van der Waals surface area contributed by atoms with E-state index in [1.165, 1.54) is 18.3 Å². The lowest BCUT2D eigenvalue weighted by Crippen LogP contribution is -2.28. The zero-order valence-electron chi connectivity index (χ0n) is 19.5. The Morgan fingerprint density at radius 2 is 1.89 bits per heavy atom. The number of halogens is 1. The number of fused-ring (bicyclic) bond motifs is 1. The van der Waals surface area contributed by atoms with Gasteiger partial charge in [-0.05, 0) is 48.4 Å². The monoisotopic (exact) mass is 481 g/mol. The molecule has 2 aromatic carbocycles. The second-order valence-corrected chi connectivity index (χ2v) is 8.13. The number of nitrogens with one attached hydrogen (secondary N) is 4. The Morgan fingerprint density at radius 1 is 1.03 bits per heavy atom. The van der Waals surface area contributed by atoms with Gasteiger partial charge in [0.05, 0.1) is 11.2 Å². The third-order valence-corrected chi connectivity index (χ3v) is 5.58. The molecule has 0 aliphatic carbocycles. The van der Waals surface area contributed by atoms with Crippen LogP contribution in [0.5, 0.6) is 0 Å². The largest absolute Gasteiger partial charge is 0.380 e. The van der Waals surface area contributed by atoms with Gasteiger partial charge in [0.2, 0.25) is 5.95 Å². The van der Waals surface area contributed by atoms with Crippen LogP contribution in [-0.4, -0.2) is 32.5 Å². The number of amides is 2. The number of rotatable bonds is 7. The molecule has 0 spiro atoms. The lowest BCUT2D eigenvalue weighted by Gasteiger charge is -2.10. The van der Waals surface area contributed by atoms with Crippen LogP contribution in [0.4, 0.5) is 20.8 Å². The van der Waals surface area contributed by atoms with Crippen molar-refractivity contribution in [2.24, 2.45) is 0 Å². The van der Waals surface area contributed by atoms with E-state index in [1.807, 2.05) is 43.3 Å². The highest BCUT2D eigenvalue weighted by molar-refractivity contribution is 5.98. The highest BCUT2D eigenvalue weighted by Gasteiger charge is 2.17. The maximum atomic E-state index is 14.8. The fourth-order valence-corrected chi connectivity index (χ4v) is 3.91. The van der Waals surface area contributed by atoms with E-state index in [4.69, 9.17) is 0 Å². The summed E-state index contributed by atoms with van der Waals surface area (Å²) in [5, 5.41) is 8.73. The number of carbonyl (C=O) groups is 1. The van der Waals surface area contributed by atoms with Gasteiger partial charge in [0.1, 0.15) is 17.0 Å². The van der Waals surface area contributed by atoms with Crippen molar-refractivity contribution in [3.8, 4) is 22.4 Å². The molecule has 0 radical (unpaired) electrons. The molecule has 8 nitrogen and oxygen atoms in total. The molecule has 3 heterocycles. The second kappa shape index (κ2) is 10.2. The molecular weight excluding hydrogens is 457 g/mol. The number of urea groups is 1. The van der Waals surface area contributed by atoms with Gasteiger partial charge < -0.3 is 15.6 Å². The first-order valence-corrected chi connectivity index (χ1v) is 11.5. The van der Waals surface area contributed by atoms with Crippen LogP contribution in [0, 0.1) is 5.82 Å². The number of imidazole rings is 1. The minimum absolute atomic E-state index is 0.173. The van der Waals surface area contributed by atoms with Crippen LogP contribution in [0.15, 0.2) is 79.3 Å². The van der Waals surface area contributed by atoms with Crippen molar-refractivity contribution in [2.75, 3.05) is 17.2 Å². The smallest absolute Gasteiger partial charge is 0.321 e. The van der Waals surface area contributed by atoms with E-state index < -0.39 is 5.82 Å². The number of hydrogen-bond donors (Lipinski definition) is 4. The molecule has 36 heavy (non-hydrogen) atoms. The maximum absolute atomic E-state index is 14.8. The molecular formula is C27H24FN7O. The van der Waals surface area contributed by atoms with Crippen molar-refractivity contribution in [3.05, 3.63) is 90.6 Å². The Hall–Kier alpha value is -4.79. The fourth-order valence-electron chi connectivity index (χ4n) is 3.91. The number of anilines is 2. The Morgan fingerprint density at radius 3 is 2.69 bits per heavy atom. The van der Waals surface area contributed by atoms with Gasteiger partial charge in [0, 0.05) is 42.8 Å². The Labute approximate surface area is 207 Å². The van der Waals surface area contributed by atoms with Crippen molar-refractivity contribution in [1.82, 2.24) is 25.3 Å². The quantitative estimate of drug-likeness (QED) is 0.243. The number of carbonyl (C=O) groups excluding carboxylic acids is 1. The Kier molecular flexibility index (Phi) is 6.53. The summed E-state index contributed by atoms with van der Waals surface area (Å²) < 4.78 is 14.8. The standard InChI is InChI=1S/C27H24FN7O/c1-2-30-27(36)35-26-33-23-13-18(12-21(25(23)34-26)24-22(28)9-6-10-31-24)19-11-20(16-29-15-19)32-14-17-7-4-3-5-8-17/h3-13,15-16,32H,2,14H2,1H3,(H3,30,33,34,35,36). The summed E-state index contributed by atoms with van der Waals surface area (Å²) in [5.41, 5.74) is 5.44. The van der Waals surface area contributed by atoms with Crippen molar-refractivity contribution >= 4 is 28.7 Å². The summed E-state index contributed by atoms with van der Waals surface area (Å²) in [6.07, 6.45) is 5.04. The highest BCUT2D eigenvalue weighted by atomic mass is 19.1. The minimum atomic E-state index is -0.464. The van der Waals surface area contributed by atoms with Crippen molar-refractivity contribution in [2.45, 2.75) is 13.5 Å². The van der Waals surface area contributed by atoms with Crippen LogP contribution >= 0.6 is 0 Å². The molecule has 0 saturated carbocycles. The van der Waals surface area contributed by atoms with Gasteiger partial charge in [-0.1, -0.05) is 30.3 Å². The van der Waals surface area contributed by atoms with E-state index in [-0.39, 0.29) is 17.7 Å². The minimum Gasteiger partial charge on any atom is -0.380 e. The summed E-state index contributed by atoms with van der Waals surface area (Å²) in [5.74, 6) is -0.212. The number of aromatic nitrogens is 4. The first kappa shape index (κ1) is 23.0. The molecule has 0 aliphatic rings. The number of aromatic amines is 1. The van der Waals surface area contributed by atoms with Gasteiger partial charge in [-0.2, -0.15) is 0 Å². The van der Waals surface area contributed by atoms with Crippen LogP contribution in [0.1, 0.15) is 12.5 Å². The summed E-state index contributed by atoms with van der Waals surface area (Å²) in [6, 6.07) is 18.3. The summed E-state index contributed by atoms with van der Waals surface area (Å²) in [7, 11) is 0. The first-order chi connectivity index (χ1) is 17.6. The van der Waals surface area contributed by atoms with Gasteiger partial charge in [-0.15, -0.1) is 0 Å². The second-order valence-electron chi connectivity index (χ2n) is 8.13. The predicted octanol–water partition coefficient (Wildman–Crippen LogP) is 5.58. The molecule has 3 aromatic heterocycles. The van der Waals surface area contributed by atoms with Gasteiger partial charge >= 0.3 is 6.03 Å². The van der Waals surface area contributed by atoms with Crippen LogP contribution in [0.25, 0.3) is 33.4 Å². The molecule has 2 amide bonds. The number of benzene rings is 2. The molecule has 0 fully saturated rings. The molecule has 0 saturated heterocycles. The Balaban J connectivity index is 1.54. The maximum Gasteiger partial charge on any atom is 0.321 e.